The van der Waals surface area contributed by atoms with E-state index in [1.807, 2.05) is 27.7 Å². The third-order valence-corrected chi connectivity index (χ3v) is 9.01. The van der Waals surface area contributed by atoms with Gasteiger partial charge >= 0.3 is 12.1 Å². The van der Waals surface area contributed by atoms with Gasteiger partial charge in [0.15, 0.2) is 0 Å². The molecule has 0 unspecified atom stereocenters. The van der Waals surface area contributed by atoms with Crippen molar-refractivity contribution in [3.05, 3.63) is 92.8 Å². The van der Waals surface area contributed by atoms with Crippen LogP contribution in [0, 0.1) is 19.7 Å². The fourth-order valence-corrected chi connectivity index (χ4v) is 6.45. The number of fused-ring (bicyclic) bond motifs is 1. The van der Waals surface area contributed by atoms with Crippen LogP contribution >= 0.6 is 0 Å². The van der Waals surface area contributed by atoms with E-state index in [1.54, 1.807) is 12.1 Å². The van der Waals surface area contributed by atoms with Crippen LogP contribution in [0.2, 0.25) is 0 Å². The van der Waals surface area contributed by atoms with Crippen LogP contribution in [0.15, 0.2) is 53.5 Å². The Morgan fingerprint density at radius 1 is 1.02 bits per heavy atom. The zero-order valence-electron chi connectivity index (χ0n) is 31.1. The van der Waals surface area contributed by atoms with Crippen LogP contribution in [-0.4, -0.2) is 51.3 Å². The molecule has 4 aromatic rings. The molecule has 1 fully saturated rings. The van der Waals surface area contributed by atoms with Crippen molar-refractivity contribution in [2.75, 3.05) is 11.4 Å². The zero-order chi connectivity index (χ0) is 40.0. The number of aryl methyl sites for hydroxylation is 2. The number of nitrogens with zero attached hydrogens (tertiary/aromatic N) is 3. The standard InChI is InChI=1S/C35H34F6N4O4.2C2H6/c1-18-14-21(45-13-6-5-9-27(45)35(39,40)41)17-25(36)28(18)31(46)43-26(33(48)49)16-20-10-11-23(30-22(20)8-7-12-42-30)29-24(34(3,37)38)15-19(2)44(4)32(29)47;2*1-2/h7-8,10-12,14-15,17,26-27H,5-6,9,13,16H2,1-4H3,(H,43,46)(H,48,49);2*1-2H3/t26-,27+;;/m0../s1. The summed E-state index contributed by atoms with van der Waals surface area (Å²) in [4.78, 5) is 44.4. The fourth-order valence-electron chi connectivity index (χ4n) is 6.45. The second kappa shape index (κ2) is 17.3. The molecule has 1 amide bonds. The van der Waals surface area contributed by atoms with Crippen molar-refractivity contribution in [1.29, 1.82) is 0 Å². The Kier molecular flexibility index (Phi) is 13.9. The molecule has 0 radical (unpaired) electrons. The van der Waals surface area contributed by atoms with E-state index in [0.717, 1.165) is 11.0 Å². The Hall–Kier alpha value is -4.88. The van der Waals surface area contributed by atoms with E-state index in [0.29, 0.717) is 36.4 Å². The van der Waals surface area contributed by atoms with Gasteiger partial charge in [0, 0.05) is 61.0 Å². The lowest BCUT2D eigenvalue weighted by Crippen LogP contribution is -2.49. The van der Waals surface area contributed by atoms with Gasteiger partial charge in [0.2, 0.25) is 0 Å². The number of carboxylic acid groups (broad SMARTS) is 1. The van der Waals surface area contributed by atoms with Gasteiger partial charge in [-0.3, -0.25) is 14.6 Å². The number of aromatic nitrogens is 2. The summed E-state index contributed by atoms with van der Waals surface area (Å²) in [5.74, 6) is -7.04. The first kappa shape index (κ1) is 42.5. The monoisotopic (exact) mass is 748 g/mol. The highest BCUT2D eigenvalue weighted by molar-refractivity contribution is 5.99. The number of pyridine rings is 2. The molecule has 1 aliphatic heterocycles. The number of anilines is 1. The second-order valence-corrected chi connectivity index (χ2v) is 12.4. The first-order valence-electron chi connectivity index (χ1n) is 17.5. The maximum atomic E-state index is 15.4. The van der Waals surface area contributed by atoms with E-state index in [2.05, 4.69) is 10.3 Å². The third kappa shape index (κ3) is 9.20. The smallest absolute Gasteiger partial charge is 0.408 e. The maximum absolute atomic E-state index is 15.4. The van der Waals surface area contributed by atoms with Gasteiger partial charge in [0.25, 0.3) is 17.4 Å². The van der Waals surface area contributed by atoms with Crippen LogP contribution in [0.5, 0.6) is 0 Å². The fraction of sp³-hybridized carbons (Fsp3) is 0.436. The molecule has 53 heavy (non-hydrogen) atoms. The van der Waals surface area contributed by atoms with Crippen molar-refractivity contribution in [2.45, 2.75) is 98.3 Å². The minimum absolute atomic E-state index is 0.0188. The Morgan fingerprint density at radius 3 is 2.26 bits per heavy atom. The number of hydrogen-bond donors (Lipinski definition) is 2. The lowest BCUT2D eigenvalue weighted by Gasteiger charge is -2.38. The number of aliphatic carboxylic acids is 1. The van der Waals surface area contributed by atoms with Crippen molar-refractivity contribution >= 4 is 28.5 Å². The van der Waals surface area contributed by atoms with Crippen molar-refractivity contribution in [2.24, 2.45) is 7.05 Å². The van der Waals surface area contributed by atoms with Gasteiger partial charge in [0.1, 0.15) is 17.9 Å². The lowest BCUT2D eigenvalue weighted by molar-refractivity contribution is -0.152. The molecular formula is C39H46F6N4O4. The van der Waals surface area contributed by atoms with Crippen molar-refractivity contribution in [3.63, 3.8) is 0 Å². The molecule has 2 atom stereocenters. The highest BCUT2D eigenvalue weighted by Gasteiger charge is 2.45. The van der Waals surface area contributed by atoms with Crippen LogP contribution in [-0.2, 0) is 24.2 Å². The summed E-state index contributed by atoms with van der Waals surface area (Å²) in [6.45, 7) is 11.6. The average molecular weight is 749 g/mol. The van der Waals surface area contributed by atoms with Crippen molar-refractivity contribution < 1.29 is 41.0 Å². The molecule has 288 valence electrons. The maximum Gasteiger partial charge on any atom is 0.408 e. The zero-order valence-corrected chi connectivity index (χ0v) is 31.1. The molecule has 3 heterocycles. The molecule has 2 aromatic carbocycles. The predicted molar refractivity (Wildman–Crippen MR) is 194 cm³/mol. The molecule has 5 rings (SSSR count). The minimum Gasteiger partial charge on any atom is -0.480 e. The first-order valence-corrected chi connectivity index (χ1v) is 17.5. The Morgan fingerprint density at radius 2 is 1.68 bits per heavy atom. The Bertz CT molecular complexity index is 1980. The van der Waals surface area contributed by atoms with Gasteiger partial charge in [0.05, 0.1) is 16.6 Å². The highest BCUT2D eigenvalue weighted by Crippen LogP contribution is 2.38. The molecule has 0 spiro atoms. The molecule has 14 heteroatoms. The Labute approximate surface area is 304 Å². The van der Waals surface area contributed by atoms with Crippen LogP contribution in [0.25, 0.3) is 22.0 Å². The van der Waals surface area contributed by atoms with Gasteiger partial charge < -0.3 is 19.9 Å². The first-order chi connectivity index (χ1) is 24.9. The van der Waals surface area contributed by atoms with Gasteiger partial charge in [-0.15, -0.1) is 0 Å². The number of benzene rings is 2. The van der Waals surface area contributed by atoms with E-state index < -0.39 is 58.6 Å². The van der Waals surface area contributed by atoms with Crippen LogP contribution in [0.3, 0.4) is 0 Å². The van der Waals surface area contributed by atoms with Gasteiger partial charge in [-0.2, -0.15) is 13.2 Å². The average Bonchev–Trinajstić information content (AvgIpc) is 3.11. The van der Waals surface area contributed by atoms with Gasteiger partial charge in [-0.25, -0.2) is 18.0 Å². The number of amides is 1. The quantitative estimate of drug-likeness (QED) is 0.175. The molecule has 0 aliphatic carbocycles. The van der Waals surface area contributed by atoms with E-state index in [-0.39, 0.29) is 47.3 Å². The van der Waals surface area contributed by atoms with Gasteiger partial charge in [-0.05, 0) is 68.5 Å². The second-order valence-electron chi connectivity index (χ2n) is 12.4. The predicted octanol–water partition coefficient (Wildman–Crippen LogP) is 8.87. The largest absolute Gasteiger partial charge is 0.480 e. The summed E-state index contributed by atoms with van der Waals surface area (Å²) >= 11 is 0. The van der Waals surface area contributed by atoms with Crippen molar-refractivity contribution in [3.8, 4) is 11.1 Å². The van der Waals surface area contributed by atoms with Crippen LogP contribution < -0.4 is 15.8 Å². The molecule has 2 N–H and O–H groups in total. The number of hydrogen-bond acceptors (Lipinski definition) is 5. The molecule has 0 bridgehead atoms. The summed E-state index contributed by atoms with van der Waals surface area (Å²) in [6, 6.07) is 5.90. The van der Waals surface area contributed by atoms with Crippen molar-refractivity contribution in [1.82, 2.24) is 14.9 Å². The number of rotatable bonds is 8. The molecular weight excluding hydrogens is 702 g/mol. The Balaban J connectivity index is 0.00000183. The number of carbonyl (C=O) groups excluding carboxylic acids is 1. The number of carboxylic acids is 1. The minimum atomic E-state index is -4.54. The molecule has 2 aromatic heterocycles. The normalized spacial score (nSPS) is 15.1. The third-order valence-electron chi connectivity index (χ3n) is 9.01. The SMILES string of the molecule is CC.CC.Cc1cc(N2CCCC[C@@H]2C(F)(F)F)cc(F)c1C(=O)N[C@@H](Cc1ccc(-c2c(C(C)(F)F)cc(C)n(C)c2=O)c2ncccc12)C(=O)O. The highest BCUT2D eigenvalue weighted by atomic mass is 19.4. The number of carbonyl (C=O) groups is 2. The molecule has 8 nitrogen and oxygen atoms in total. The van der Waals surface area contributed by atoms with E-state index in [1.165, 1.54) is 55.9 Å². The van der Waals surface area contributed by atoms with Gasteiger partial charge in [-0.1, -0.05) is 45.9 Å². The summed E-state index contributed by atoms with van der Waals surface area (Å²) in [5, 5.41) is 12.7. The summed E-state index contributed by atoms with van der Waals surface area (Å²) in [6.07, 6.45) is -2.78. The lowest BCUT2D eigenvalue weighted by atomic mass is 9.91. The number of nitrogens with one attached hydrogen (secondary N) is 1. The summed E-state index contributed by atoms with van der Waals surface area (Å²) in [5.41, 5.74) is -1.06. The van der Waals surface area contributed by atoms with E-state index >= 15 is 4.39 Å². The summed E-state index contributed by atoms with van der Waals surface area (Å²) in [7, 11) is 1.45. The number of piperidine rings is 1. The van der Waals surface area contributed by atoms with E-state index in [4.69, 9.17) is 0 Å². The molecule has 0 saturated carbocycles. The molecule has 1 aliphatic rings. The van der Waals surface area contributed by atoms with E-state index in [9.17, 15) is 41.4 Å². The summed E-state index contributed by atoms with van der Waals surface area (Å²) < 4.78 is 87.3. The van der Waals surface area contributed by atoms with Crippen LogP contribution in [0.4, 0.5) is 32.0 Å². The number of alkyl halides is 5. The number of halogens is 6. The topological polar surface area (TPSA) is 105 Å². The molecule has 1 saturated heterocycles. The van der Waals surface area contributed by atoms with Crippen LogP contribution in [0.1, 0.15) is 86.6 Å².